The number of nitrogens with zero attached hydrogens (tertiary/aromatic N) is 2. The van der Waals surface area contributed by atoms with Crippen molar-refractivity contribution in [3.05, 3.63) is 44.9 Å². The molecule has 1 fully saturated rings. The lowest BCUT2D eigenvalue weighted by molar-refractivity contribution is 0.335. The SMILES string of the molecule is CC1CCCC(c2nc(Cl)c(I)c(-c3ccccc3)n2)C1. The van der Waals surface area contributed by atoms with Gasteiger partial charge in [0.1, 0.15) is 11.0 Å². The molecule has 0 amide bonds. The van der Waals surface area contributed by atoms with Gasteiger partial charge >= 0.3 is 0 Å². The zero-order chi connectivity index (χ0) is 14.8. The van der Waals surface area contributed by atoms with Gasteiger partial charge in [0.15, 0.2) is 0 Å². The summed E-state index contributed by atoms with van der Waals surface area (Å²) in [5, 5.41) is 0.581. The van der Waals surface area contributed by atoms with Gasteiger partial charge in [0.2, 0.25) is 0 Å². The summed E-state index contributed by atoms with van der Waals surface area (Å²) in [4.78, 5) is 9.42. The summed E-state index contributed by atoms with van der Waals surface area (Å²) < 4.78 is 0.938. The molecule has 3 rings (SSSR count). The molecule has 2 unspecified atom stereocenters. The van der Waals surface area contributed by atoms with Gasteiger partial charge < -0.3 is 0 Å². The lowest BCUT2D eigenvalue weighted by Gasteiger charge is -2.26. The topological polar surface area (TPSA) is 25.8 Å². The van der Waals surface area contributed by atoms with Crippen LogP contribution in [0.25, 0.3) is 11.3 Å². The van der Waals surface area contributed by atoms with E-state index in [-0.39, 0.29) is 0 Å². The van der Waals surface area contributed by atoms with Gasteiger partial charge in [-0.2, -0.15) is 0 Å². The van der Waals surface area contributed by atoms with Crippen molar-refractivity contribution in [3.63, 3.8) is 0 Å². The maximum absolute atomic E-state index is 6.37. The Bertz CT molecular complexity index is 630. The van der Waals surface area contributed by atoms with Crippen LogP contribution in [0.1, 0.15) is 44.3 Å². The highest BCUT2D eigenvalue weighted by Gasteiger charge is 2.24. The highest BCUT2D eigenvalue weighted by Crippen LogP contribution is 2.37. The molecule has 1 aromatic heterocycles. The minimum absolute atomic E-state index is 0.450. The fraction of sp³-hybridized carbons (Fsp3) is 0.412. The van der Waals surface area contributed by atoms with Crippen LogP contribution in [0.5, 0.6) is 0 Å². The Morgan fingerprint density at radius 1 is 1.14 bits per heavy atom. The van der Waals surface area contributed by atoms with E-state index in [1.54, 1.807) is 0 Å². The van der Waals surface area contributed by atoms with E-state index < -0.39 is 0 Å². The minimum Gasteiger partial charge on any atom is -0.231 e. The predicted molar refractivity (Wildman–Crippen MR) is 95.6 cm³/mol. The number of benzene rings is 1. The van der Waals surface area contributed by atoms with Gasteiger partial charge in [-0.1, -0.05) is 61.7 Å². The number of aromatic nitrogens is 2. The van der Waals surface area contributed by atoms with Gasteiger partial charge in [-0.25, -0.2) is 9.97 Å². The number of rotatable bonds is 2. The average molecular weight is 413 g/mol. The molecule has 1 aliphatic carbocycles. The van der Waals surface area contributed by atoms with Crippen molar-refractivity contribution in [1.82, 2.24) is 9.97 Å². The van der Waals surface area contributed by atoms with Crippen LogP contribution in [0, 0.1) is 9.49 Å². The van der Waals surface area contributed by atoms with Gasteiger partial charge in [0.25, 0.3) is 0 Å². The van der Waals surface area contributed by atoms with Gasteiger partial charge in [-0.3, -0.25) is 0 Å². The van der Waals surface area contributed by atoms with Crippen LogP contribution >= 0.6 is 34.2 Å². The minimum atomic E-state index is 0.450. The van der Waals surface area contributed by atoms with E-state index in [4.69, 9.17) is 16.6 Å². The van der Waals surface area contributed by atoms with Crippen LogP contribution < -0.4 is 0 Å². The Labute approximate surface area is 144 Å². The zero-order valence-electron chi connectivity index (χ0n) is 12.0. The first-order chi connectivity index (χ1) is 10.1. The van der Waals surface area contributed by atoms with Gasteiger partial charge in [0, 0.05) is 11.5 Å². The van der Waals surface area contributed by atoms with E-state index >= 15 is 0 Å². The quantitative estimate of drug-likeness (QED) is 0.467. The molecule has 0 spiro atoms. The molecule has 1 heterocycles. The maximum Gasteiger partial charge on any atom is 0.146 e. The van der Waals surface area contributed by atoms with Crippen LogP contribution in [0.15, 0.2) is 30.3 Å². The first kappa shape index (κ1) is 15.2. The molecule has 2 aromatic rings. The smallest absolute Gasteiger partial charge is 0.146 e. The van der Waals surface area contributed by atoms with Crippen molar-refractivity contribution in [2.45, 2.75) is 38.5 Å². The highest BCUT2D eigenvalue weighted by molar-refractivity contribution is 14.1. The second kappa shape index (κ2) is 6.61. The van der Waals surface area contributed by atoms with Gasteiger partial charge in [0.05, 0.1) is 9.26 Å². The molecule has 4 heteroatoms. The van der Waals surface area contributed by atoms with Crippen molar-refractivity contribution < 1.29 is 0 Å². The first-order valence-corrected chi connectivity index (χ1v) is 8.89. The van der Waals surface area contributed by atoms with Crippen molar-refractivity contribution in [2.24, 2.45) is 5.92 Å². The van der Waals surface area contributed by atoms with Crippen LogP contribution in [0.3, 0.4) is 0 Å². The number of hydrogen-bond acceptors (Lipinski definition) is 2. The van der Waals surface area contributed by atoms with E-state index in [2.05, 4.69) is 46.6 Å². The molecule has 0 radical (unpaired) electrons. The third kappa shape index (κ3) is 3.39. The summed E-state index contributed by atoms with van der Waals surface area (Å²) in [6.45, 7) is 2.32. The van der Waals surface area contributed by atoms with E-state index in [0.29, 0.717) is 11.1 Å². The summed E-state index contributed by atoms with van der Waals surface area (Å²) in [5.74, 6) is 2.13. The second-order valence-corrected chi connectivity index (χ2v) is 7.31. The third-order valence-corrected chi connectivity index (χ3v) is 5.79. The molecular formula is C17H18ClIN2. The van der Waals surface area contributed by atoms with Crippen molar-refractivity contribution in [3.8, 4) is 11.3 Å². The fourth-order valence-electron chi connectivity index (χ4n) is 3.07. The lowest BCUT2D eigenvalue weighted by Crippen LogP contribution is -2.15. The Morgan fingerprint density at radius 3 is 2.62 bits per heavy atom. The van der Waals surface area contributed by atoms with E-state index in [0.717, 1.165) is 26.6 Å². The molecule has 21 heavy (non-hydrogen) atoms. The van der Waals surface area contributed by atoms with E-state index in [9.17, 15) is 0 Å². The average Bonchev–Trinajstić information content (AvgIpc) is 2.51. The standard InChI is InChI=1S/C17H18ClIN2/c1-11-6-5-9-13(10-11)17-20-15(14(19)16(18)21-17)12-7-3-2-4-8-12/h2-4,7-8,11,13H,5-6,9-10H2,1H3. The summed E-state index contributed by atoms with van der Waals surface area (Å²) in [6, 6.07) is 10.2. The third-order valence-electron chi connectivity index (χ3n) is 4.18. The van der Waals surface area contributed by atoms with Crippen LogP contribution in [-0.2, 0) is 0 Å². The van der Waals surface area contributed by atoms with Crippen LogP contribution in [0.2, 0.25) is 5.15 Å². The molecule has 0 N–H and O–H groups in total. The second-order valence-electron chi connectivity index (χ2n) is 5.87. The molecular weight excluding hydrogens is 395 g/mol. The Balaban J connectivity index is 2.01. The summed E-state index contributed by atoms with van der Waals surface area (Å²) in [7, 11) is 0. The predicted octanol–water partition coefficient (Wildman–Crippen LogP) is 5.70. The largest absolute Gasteiger partial charge is 0.231 e. The Morgan fingerprint density at radius 2 is 1.90 bits per heavy atom. The van der Waals surface area contributed by atoms with Crippen LogP contribution in [-0.4, -0.2) is 9.97 Å². The molecule has 110 valence electrons. The zero-order valence-corrected chi connectivity index (χ0v) is 14.9. The van der Waals surface area contributed by atoms with Crippen molar-refractivity contribution in [2.75, 3.05) is 0 Å². The molecule has 2 nitrogen and oxygen atoms in total. The van der Waals surface area contributed by atoms with Gasteiger partial charge in [-0.05, 0) is 41.4 Å². The van der Waals surface area contributed by atoms with E-state index in [1.807, 2.05) is 18.2 Å². The number of hydrogen-bond donors (Lipinski definition) is 0. The van der Waals surface area contributed by atoms with Gasteiger partial charge in [-0.15, -0.1) is 0 Å². The fourth-order valence-corrected chi connectivity index (χ4v) is 3.80. The van der Waals surface area contributed by atoms with Crippen molar-refractivity contribution in [1.29, 1.82) is 0 Å². The Hall–Kier alpha value is -0.680. The summed E-state index contributed by atoms with van der Waals surface area (Å²) in [5.41, 5.74) is 2.07. The lowest BCUT2D eigenvalue weighted by atomic mass is 9.82. The molecule has 1 saturated carbocycles. The van der Waals surface area contributed by atoms with Crippen molar-refractivity contribution >= 4 is 34.2 Å². The molecule has 0 bridgehead atoms. The number of halogens is 2. The molecule has 0 aliphatic heterocycles. The Kier molecular flexibility index (Phi) is 4.79. The molecule has 1 aromatic carbocycles. The molecule has 1 aliphatic rings. The first-order valence-electron chi connectivity index (χ1n) is 7.43. The van der Waals surface area contributed by atoms with Crippen LogP contribution in [0.4, 0.5) is 0 Å². The molecule has 2 atom stereocenters. The monoisotopic (exact) mass is 412 g/mol. The molecule has 0 saturated heterocycles. The maximum atomic E-state index is 6.37. The highest BCUT2D eigenvalue weighted by atomic mass is 127. The van der Waals surface area contributed by atoms with E-state index in [1.165, 1.54) is 25.7 Å². The summed E-state index contributed by atoms with van der Waals surface area (Å²) in [6.07, 6.45) is 4.93. The normalized spacial score (nSPS) is 22.2. The summed E-state index contributed by atoms with van der Waals surface area (Å²) >= 11 is 8.61.